The van der Waals surface area contributed by atoms with Crippen molar-refractivity contribution in [2.45, 2.75) is 36.2 Å². The van der Waals surface area contributed by atoms with Crippen LogP contribution in [-0.2, 0) is 0 Å². The molecule has 1 aromatic carbocycles. The predicted molar refractivity (Wildman–Crippen MR) is 62.9 cm³/mol. The second-order valence-electron chi connectivity index (χ2n) is 4.94. The molecule has 1 fully saturated rings. The maximum absolute atomic E-state index is 12.1. The van der Waals surface area contributed by atoms with E-state index in [2.05, 4.69) is 13.8 Å². The number of hydrogen-bond donors (Lipinski definition) is 1. The molecule has 17 heavy (non-hydrogen) atoms. The second-order valence-corrected chi connectivity index (χ2v) is 6.08. The van der Waals surface area contributed by atoms with E-state index in [1.54, 1.807) is 12.1 Å². The Morgan fingerprint density at radius 3 is 2.00 bits per heavy atom. The minimum Gasteiger partial charge on any atom is -0.327 e. The third-order valence-electron chi connectivity index (χ3n) is 3.38. The van der Waals surface area contributed by atoms with Crippen molar-refractivity contribution < 1.29 is 13.2 Å². The first-order valence-electron chi connectivity index (χ1n) is 5.33. The van der Waals surface area contributed by atoms with Crippen LogP contribution in [0.2, 0.25) is 0 Å². The summed E-state index contributed by atoms with van der Waals surface area (Å²) in [6, 6.07) is 6.60. The van der Waals surface area contributed by atoms with Gasteiger partial charge < -0.3 is 5.73 Å². The molecule has 1 aliphatic carbocycles. The first kappa shape index (κ1) is 12.8. The monoisotopic (exact) mass is 261 g/mol. The van der Waals surface area contributed by atoms with Crippen molar-refractivity contribution in [2.75, 3.05) is 0 Å². The number of nitrogens with two attached hydrogens (primary N) is 1. The minimum atomic E-state index is -4.23. The van der Waals surface area contributed by atoms with Crippen molar-refractivity contribution in [3.05, 3.63) is 29.8 Å². The van der Waals surface area contributed by atoms with Gasteiger partial charge in [0, 0.05) is 16.9 Å². The Kier molecular flexibility index (Phi) is 2.94. The number of thioether (sulfide) groups is 1. The molecule has 0 bridgehead atoms. The van der Waals surface area contributed by atoms with Gasteiger partial charge in [-0.05, 0) is 34.9 Å². The van der Waals surface area contributed by atoms with E-state index in [0.717, 1.165) is 5.56 Å². The molecular weight excluding hydrogens is 247 g/mol. The molecule has 2 atom stereocenters. The zero-order valence-electron chi connectivity index (χ0n) is 9.58. The average Bonchev–Trinajstić information content (AvgIpc) is 2.65. The van der Waals surface area contributed by atoms with E-state index >= 15 is 0 Å². The van der Waals surface area contributed by atoms with E-state index in [1.165, 1.54) is 12.1 Å². The van der Waals surface area contributed by atoms with Gasteiger partial charge in [0.15, 0.2) is 0 Å². The lowest BCUT2D eigenvalue weighted by Gasteiger charge is -2.07. The number of rotatable bonds is 2. The van der Waals surface area contributed by atoms with Crippen LogP contribution < -0.4 is 5.73 Å². The summed E-state index contributed by atoms with van der Waals surface area (Å²) in [5.41, 5.74) is 2.78. The summed E-state index contributed by atoms with van der Waals surface area (Å²) in [6.45, 7) is 4.14. The molecule has 0 spiro atoms. The van der Waals surface area contributed by atoms with Crippen molar-refractivity contribution >= 4 is 11.8 Å². The van der Waals surface area contributed by atoms with E-state index in [4.69, 9.17) is 5.73 Å². The van der Waals surface area contributed by atoms with Gasteiger partial charge in [-0.3, -0.25) is 0 Å². The summed E-state index contributed by atoms with van der Waals surface area (Å²) >= 11 is -0.0890. The van der Waals surface area contributed by atoms with E-state index in [1.807, 2.05) is 0 Å². The lowest BCUT2D eigenvalue weighted by atomic mass is 10.0. The highest BCUT2D eigenvalue weighted by atomic mass is 32.2. The van der Waals surface area contributed by atoms with E-state index in [0.29, 0.717) is 0 Å². The average molecular weight is 261 g/mol. The van der Waals surface area contributed by atoms with Crippen molar-refractivity contribution in [1.29, 1.82) is 0 Å². The summed E-state index contributed by atoms with van der Waals surface area (Å²) in [7, 11) is 0. The maximum atomic E-state index is 12.1. The van der Waals surface area contributed by atoms with Gasteiger partial charge in [0.2, 0.25) is 0 Å². The fourth-order valence-electron chi connectivity index (χ4n) is 2.19. The summed E-state index contributed by atoms with van der Waals surface area (Å²) in [4.78, 5) is 0.216. The van der Waals surface area contributed by atoms with Crippen molar-refractivity contribution in [3.8, 4) is 0 Å². The Hall–Kier alpha value is -0.680. The molecule has 0 amide bonds. The van der Waals surface area contributed by atoms with Crippen LogP contribution in [0.15, 0.2) is 29.2 Å². The molecule has 2 N–H and O–H groups in total. The largest absolute Gasteiger partial charge is 0.446 e. The Morgan fingerprint density at radius 1 is 1.18 bits per heavy atom. The van der Waals surface area contributed by atoms with Gasteiger partial charge >= 0.3 is 5.51 Å². The first-order valence-corrected chi connectivity index (χ1v) is 6.15. The molecule has 0 saturated heterocycles. The number of hydrogen-bond acceptors (Lipinski definition) is 2. The van der Waals surface area contributed by atoms with Gasteiger partial charge in [0.25, 0.3) is 0 Å². The lowest BCUT2D eigenvalue weighted by molar-refractivity contribution is -0.0328. The number of benzene rings is 1. The molecular formula is C12H14F3NS. The molecule has 0 aromatic heterocycles. The minimum absolute atomic E-state index is 0.0543. The van der Waals surface area contributed by atoms with Crippen molar-refractivity contribution in [3.63, 3.8) is 0 Å². The maximum Gasteiger partial charge on any atom is 0.446 e. The Morgan fingerprint density at radius 2 is 1.65 bits per heavy atom. The molecule has 0 aliphatic heterocycles. The molecule has 1 nitrogen and oxygen atoms in total. The molecule has 1 saturated carbocycles. The highest BCUT2D eigenvalue weighted by Crippen LogP contribution is 2.57. The van der Waals surface area contributed by atoms with Crippen LogP contribution in [0.1, 0.15) is 25.3 Å². The first-order chi connectivity index (χ1) is 7.72. The van der Waals surface area contributed by atoms with Gasteiger partial charge in [0.05, 0.1) is 0 Å². The summed E-state index contributed by atoms with van der Waals surface area (Å²) in [5, 5.41) is 0. The summed E-state index contributed by atoms with van der Waals surface area (Å²) in [5.74, 6) is 0.257. The molecule has 0 unspecified atom stereocenters. The van der Waals surface area contributed by atoms with Gasteiger partial charge in [-0.25, -0.2) is 0 Å². The molecule has 1 aromatic rings. The fourth-order valence-corrected chi connectivity index (χ4v) is 2.73. The highest BCUT2D eigenvalue weighted by Gasteiger charge is 2.55. The summed E-state index contributed by atoms with van der Waals surface area (Å²) < 4.78 is 36.4. The topological polar surface area (TPSA) is 26.0 Å². The highest BCUT2D eigenvalue weighted by molar-refractivity contribution is 8.00. The van der Waals surface area contributed by atoms with Crippen LogP contribution in [-0.4, -0.2) is 11.6 Å². The zero-order chi connectivity index (χ0) is 12.8. The van der Waals surface area contributed by atoms with Gasteiger partial charge in [-0.2, -0.15) is 13.2 Å². The van der Waals surface area contributed by atoms with Gasteiger partial charge in [-0.1, -0.05) is 26.0 Å². The van der Waals surface area contributed by atoms with Gasteiger partial charge in [0.1, 0.15) is 0 Å². The smallest absolute Gasteiger partial charge is 0.327 e. The molecule has 0 radical (unpaired) electrons. The third kappa shape index (κ3) is 2.60. The van der Waals surface area contributed by atoms with E-state index in [-0.39, 0.29) is 34.0 Å². The standard InChI is InChI=1S/C12H14F3NS/c1-11(2)9(10(11)16)7-3-5-8(6-4-7)17-12(13,14)15/h3-6,9-10H,16H2,1-2H3/t9-,10-/m1/s1. The van der Waals surface area contributed by atoms with E-state index < -0.39 is 5.51 Å². The lowest BCUT2D eigenvalue weighted by Crippen LogP contribution is -2.06. The van der Waals surface area contributed by atoms with Crippen LogP contribution in [0.3, 0.4) is 0 Å². The molecule has 1 aliphatic rings. The Labute approximate surface area is 103 Å². The van der Waals surface area contributed by atoms with Crippen LogP contribution >= 0.6 is 11.8 Å². The third-order valence-corrected chi connectivity index (χ3v) is 4.12. The normalized spacial score (nSPS) is 26.9. The van der Waals surface area contributed by atoms with Crippen molar-refractivity contribution in [1.82, 2.24) is 0 Å². The van der Waals surface area contributed by atoms with Gasteiger partial charge in [-0.15, -0.1) is 0 Å². The SMILES string of the molecule is CC1(C)[C@H](N)[C@H]1c1ccc(SC(F)(F)F)cc1. The van der Waals surface area contributed by atoms with Crippen LogP contribution in [0.4, 0.5) is 13.2 Å². The Balaban J connectivity index is 2.10. The molecule has 5 heteroatoms. The van der Waals surface area contributed by atoms with E-state index in [9.17, 15) is 13.2 Å². The number of halogens is 3. The fraction of sp³-hybridized carbons (Fsp3) is 0.500. The summed E-state index contributed by atoms with van der Waals surface area (Å²) in [6.07, 6.45) is 0. The Bertz CT molecular complexity index is 411. The molecule has 2 rings (SSSR count). The second kappa shape index (κ2) is 3.92. The number of alkyl halides is 3. The molecule has 94 valence electrons. The quantitative estimate of drug-likeness (QED) is 0.820. The van der Waals surface area contributed by atoms with Crippen LogP contribution in [0, 0.1) is 5.41 Å². The zero-order valence-corrected chi connectivity index (χ0v) is 10.4. The van der Waals surface area contributed by atoms with Crippen LogP contribution in [0.25, 0.3) is 0 Å². The predicted octanol–water partition coefficient (Wildman–Crippen LogP) is 3.75. The van der Waals surface area contributed by atoms with Crippen molar-refractivity contribution in [2.24, 2.45) is 11.1 Å². The molecule has 0 heterocycles. The van der Waals surface area contributed by atoms with Crippen LogP contribution in [0.5, 0.6) is 0 Å².